The highest BCUT2D eigenvalue weighted by atomic mass is 16.7. The van der Waals surface area contributed by atoms with Crippen LogP contribution in [0.3, 0.4) is 0 Å². The zero-order valence-corrected chi connectivity index (χ0v) is 56.6. The highest BCUT2D eigenvalue weighted by molar-refractivity contribution is 5.71. The van der Waals surface area contributed by atoms with Crippen LogP contribution in [0.15, 0.2) is 134 Å². The van der Waals surface area contributed by atoms with Gasteiger partial charge in [-0.2, -0.15) is 0 Å². The van der Waals surface area contributed by atoms with Gasteiger partial charge in [-0.25, -0.2) is 4.79 Å². The maximum absolute atomic E-state index is 13.0. The number of quaternary nitrogens is 1. The first-order valence-electron chi connectivity index (χ1n) is 35.3. The van der Waals surface area contributed by atoms with Gasteiger partial charge in [-0.3, -0.25) is 9.59 Å². The smallest absolute Gasteiger partial charge is 0.361 e. The van der Waals surface area contributed by atoms with Gasteiger partial charge in [0.05, 0.1) is 34.4 Å². The first-order chi connectivity index (χ1) is 42.6. The lowest BCUT2D eigenvalue weighted by Gasteiger charge is -2.25. The van der Waals surface area contributed by atoms with Crippen molar-refractivity contribution < 1.29 is 42.9 Å². The standard InChI is InChI=1S/C78H131NO8/c1-6-8-10-12-14-16-18-20-22-24-26-28-30-32-34-36-38-40-42-44-46-48-50-52-54-56-58-60-62-64-66-68-75(80)85-72-74(73-86-78(77(82)83)84-71-70-79(3,4)5)87-76(81)69-67-65-63-61-59-57-55-53-51-49-47-45-43-41-39-37-35-33-31-29-27-25-23-21-19-17-15-13-11-9-7-2/h8-11,14-17,20-23,26-29,32-35,39,41,74,78H,6-7,12-13,18-19,24-25,30-31,36-38,40,42-73H2,1-5H3/p+1/b10-8-,11-9-,16-14-,17-15-,22-20-,23-21-,28-26-,29-27-,34-32-,35-33-,41-39-. The lowest BCUT2D eigenvalue weighted by atomic mass is 10.0. The SMILES string of the molecule is CC/C=C\C/C=C\C/C=C\C/C=C\C/C=C\C/C=C\CCCCCCCCCCCCCCC(=O)OC(COC(=O)CCCCCCCCCCCCCCCCC/C=C\C/C=C\C/C=C\C/C=C\C/C=C\CC)COC(OCC[N+](C)(C)C)C(=O)O. The molecule has 0 aliphatic rings. The molecule has 0 radical (unpaired) electrons. The highest BCUT2D eigenvalue weighted by Gasteiger charge is 2.25. The Morgan fingerprint density at radius 1 is 0.345 bits per heavy atom. The summed E-state index contributed by atoms with van der Waals surface area (Å²) in [6.45, 7) is 4.66. The van der Waals surface area contributed by atoms with Crippen molar-refractivity contribution in [1.82, 2.24) is 0 Å². The molecule has 496 valence electrons. The number of allylic oxidation sites excluding steroid dienone is 22. The minimum absolute atomic E-state index is 0.182. The van der Waals surface area contributed by atoms with Crippen LogP contribution in [0.4, 0.5) is 0 Å². The van der Waals surface area contributed by atoms with Gasteiger partial charge in [0.2, 0.25) is 0 Å². The van der Waals surface area contributed by atoms with E-state index in [1.54, 1.807) is 0 Å². The molecule has 0 heterocycles. The number of likely N-dealkylation sites (N-methyl/N-ethyl adjacent to an activating group) is 1. The van der Waals surface area contributed by atoms with Crippen LogP contribution in [-0.2, 0) is 33.3 Å². The third-order valence-corrected chi connectivity index (χ3v) is 14.9. The number of carboxylic acid groups (broad SMARTS) is 1. The van der Waals surface area contributed by atoms with Crippen molar-refractivity contribution >= 4 is 17.9 Å². The van der Waals surface area contributed by atoms with Crippen LogP contribution in [0.1, 0.15) is 284 Å². The van der Waals surface area contributed by atoms with Crippen LogP contribution < -0.4 is 0 Å². The minimum Gasteiger partial charge on any atom is -0.477 e. The summed E-state index contributed by atoms with van der Waals surface area (Å²) < 4.78 is 23.0. The first kappa shape index (κ1) is 82.4. The average Bonchev–Trinajstić information content (AvgIpc) is 3.56. The number of unbranched alkanes of at least 4 members (excludes halogenated alkanes) is 27. The Kier molecular flexibility index (Phi) is 63.8. The van der Waals surface area contributed by atoms with E-state index in [0.29, 0.717) is 23.9 Å². The van der Waals surface area contributed by atoms with Crippen molar-refractivity contribution in [3.63, 3.8) is 0 Å². The number of carbonyl (C=O) groups excluding carboxylic acids is 2. The molecule has 0 spiro atoms. The van der Waals surface area contributed by atoms with Gasteiger partial charge in [-0.1, -0.05) is 295 Å². The van der Waals surface area contributed by atoms with E-state index in [2.05, 4.69) is 148 Å². The molecule has 0 aromatic heterocycles. The molecule has 87 heavy (non-hydrogen) atoms. The second kappa shape index (κ2) is 67.4. The van der Waals surface area contributed by atoms with Gasteiger partial charge < -0.3 is 28.5 Å². The van der Waals surface area contributed by atoms with Crippen molar-refractivity contribution in [1.29, 1.82) is 0 Å². The zero-order chi connectivity index (χ0) is 63.3. The Morgan fingerprint density at radius 2 is 0.621 bits per heavy atom. The summed E-state index contributed by atoms with van der Waals surface area (Å²) in [4.78, 5) is 37.7. The molecule has 0 saturated carbocycles. The molecule has 0 aliphatic carbocycles. The number of nitrogens with zero attached hydrogens (tertiary/aromatic N) is 1. The second-order valence-electron chi connectivity index (χ2n) is 24.4. The summed E-state index contributed by atoms with van der Waals surface area (Å²) in [6.07, 6.45) is 94.1. The molecule has 2 unspecified atom stereocenters. The monoisotopic (exact) mass is 1210 g/mol. The molecule has 0 fully saturated rings. The van der Waals surface area contributed by atoms with Crippen LogP contribution >= 0.6 is 0 Å². The predicted molar refractivity (Wildman–Crippen MR) is 373 cm³/mol. The van der Waals surface area contributed by atoms with Gasteiger partial charge in [-0.05, 0) is 109 Å². The number of esters is 2. The summed E-state index contributed by atoms with van der Waals surface area (Å²) in [6, 6.07) is 0. The predicted octanol–water partition coefficient (Wildman–Crippen LogP) is 22.1. The third-order valence-electron chi connectivity index (χ3n) is 14.9. The molecule has 0 aromatic carbocycles. The molecule has 9 heteroatoms. The van der Waals surface area contributed by atoms with Crippen LogP contribution in [-0.4, -0.2) is 87.4 Å². The van der Waals surface area contributed by atoms with E-state index >= 15 is 0 Å². The molecule has 0 amide bonds. The number of rotatable bonds is 64. The van der Waals surface area contributed by atoms with E-state index in [9.17, 15) is 19.5 Å². The van der Waals surface area contributed by atoms with Crippen molar-refractivity contribution in [3.05, 3.63) is 134 Å². The maximum Gasteiger partial charge on any atom is 0.361 e. The van der Waals surface area contributed by atoms with Crippen LogP contribution in [0.5, 0.6) is 0 Å². The molecule has 0 aliphatic heterocycles. The van der Waals surface area contributed by atoms with Crippen molar-refractivity contribution in [3.8, 4) is 0 Å². The van der Waals surface area contributed by atoms with Gasteiger partial charge >= 0.3 is 17.9 Å². The Hall–Kier alpha value is -4.57. The lowest BCUT2D eigenvalue weighted by Crippen LogP contribution is -2.40. The molecular weight excluding hydrogens is 1080 g/mol. The Balaban J connectivity index is 4.13. The van der Waals surface area contributed by atoms with E-state index in [0.717, 1.165) is 109 Å². The minimum atomic E-state index is -1.52. The quantitative estimate of drug-likeness (QED) is 0.0211. The van der Waals surface area contributed by atoms with E-state index in [1.807, 2.05) is 21.1 Å². The van der Waals surface area contributed by atoms with Gasteiger partial charge in [0.25, 0.3) is 6.29 Å². The Morgan fingerprint density at radius 3 is 0.920 bits per heavy atom. The number of aliphatic carboxylic acids is 1. The topological polar surface area (TPSA) is 108 Å². The fraction of sp³-hybridized carbons (Fsp3) is 0.679. The van der Waals surface area contributed by atoms with Gasteiger partial charge in [0.15, 0.2) is 6.10 Å². The average molecular weight is 1210 g/mol. The zero-order valence-electron chi connectivity index (χ0n) is 56.6. The van der Waals surface area contributed by atoms with Crippen molar-refractivity contribution in [2.24, 2.45) is 0 Å². The second-order valence-corrected chi connectivity index (χ2v) is 24.4. The summed E-state index contributed by atoms with van der Waals surface area (Å²) >= 11 is 0. The number of ether oxygens (including phenoxy) is 4. The van der Waals surface area contributed by atoms with Gasteiger partial charge in [-0.15, -0.1) is 0 Å². The summed E-state index contributed by atoms with van der Waals surface area (Å²) in [7, 11) is 5.97. The molecule has 0 bridgehead atoms. The van der Waals surface area contributed by atoms with E-state index in [1.165, 1.54) is 141 Å². The summed E-state index contributed by atoms with van der Waals surface area (Å²) in [5.74, 6) is -2.01. The highest BCUT2D eigenvalue weighted by Crippen LogP contribution is 2.17. The third kappa shape index (κ3) is 68.8. The van der Waals surface area contributed by atoms with Crippen LogP contribution in [0.25, 0.3) is 0 Å². The molecule has 9 nitrogen and oxygen atoms in total. The largest absolute Gasteiger partial charge is 0.477 e. The maximum atomic E-state index is 13.0. The van der Waals surface area contributed by atoms with Crippen LogP contribution in [0.2, 0.25) is 0 Å². The number of carboxylic acids is 1. The van der Waals surface area contributed by atoms with Crippen molar-refractivity contribution in [2.45, 2.75) is 296 Å². The van der Waals surface area contributed by atoms with Gasteiger partial charge in [0.1, 0.15) is 13.2 Å². The van der Waals surface area contributed by atoms with Crippen LogP contribution in [0, 0.1) is 0 Å². The summed E-state index contributed by atoms with van der Waals surface area (Å²) in [5.41, 5.74) is 0. The molecule has 0 rings (SSSR count). The van der Waals surface area contributed by atoms with Crippen molar-refractivity contribution in [2.75, 3.05) is 47.5 Å². The van der Waals surface area contributed by atoms with E-state index < -0.39 is 24.3 Å². The molecule has 1 N–H and O–H groups in total. The van der Waals surface area contributed by atoms with E-state index in [4.69, 9.17) is 18.9 Å². The fourth-order valence-corrected chi connectivity index (χ4v) is 9.58. The van der Waals surface area contributed by atoms with Gasteiger partial charge in [0, 0.05) is 12.8 Å². The molecule has 2 atom stereocenters. The number of hydrogen-bond donors (Lipinski definition) is 1. The normalized spacial score (nSPS) is 13.5. The molecular formula is C78H132NO8+. The summed E-state index contributed by atoms with van der Waals surface area (Å²) in [5, 5.41) is 9.75. The Labute approximate surface area is 535 Å². The fourth-order valence-electron chi connectivity index (χ4n) is 9.58. The number of carbonyl (C=O) groups is 3. The van der Waals surface area contributed by atoms with E-state index in [-0.39, 0.29) is 32.2 Å². The first-order valence-corrected chi connectivity index (χ1v) is 35.3. The lowest BCUT2D eigenvalue weighted by molar-refractivity contribution is -0.870. The molecule has 0 saturated heterocycles. The Bertz CT molecular complexity index is 1890. The number of hydrogen-bond acceptors (Lipinski definition) is 7. The molecule has 0 aromatic rings.